The predicted molar refractivity (Wildman–Crippen MR) is 80.9 cm³/mol. The van der Waals surface area contributed by atoms with Crippen molar-refractivity contribution < 1.29 is 23.9 Å². The Labute approximate surface area is 131 Å². The Hall–Kier alpha value is -1.85. The highest BCUT2D eigenvalue weighted by atomic mass is 16.5. The van der Waals surface area contributed by atoms with Crippen molar-refractivity contribution in [3.05, 3.63) is 12.2 Å². The second-order valence-corrected chi connectivity index (χ2v) is 5.54. The Kier molecular flexibility index (Phi) is 7.63. The number of hydrogen-bond donors (Lipinski definition) is 1. The van der Waals surface area contributed by atoms with Gasteiger partial charge in [0.15, 0.2) is 6.10 Å². The van der Waals surface area contributed by atoms with Gasteiger partial charge in [0.25, 0.3) is 5.91 Å². The van der Waals surface area contributed by atoms with Crippen molar-refractivity contribution >= 4 is 17.8 Å². The van der Waals surface area contributed by atoms with Crippen molar-refractivity contribution in [2.75, 3.05) is 6.61 Å². The van der Waals surface area contributed by atoms with E-state index in [1.165, 1.54) is 13.3 Å². The van der Waals surface area contributed by atoms with Crippen molar-refractivity contribution in [3.63, 3.8) is 0 Å². The van der Waals surface area contributed by atoms with E-state index in [9.17, 15) is 14.4 Å². The second-order valence-electron chi connectivity index (χ2n) is 5.54. The fourth-order valence-corrected chi connectivity index (χ4v) is 2.42. The van der Waals surface area contributed by atoms with Gasteiger partial charge in [-0.1, -0.05) is 19.8 Å². The average molecular weight is 311 g/mol. The number of esters is 2. The van der Waals surface area contributed by atoms with Crippen LogP contribution in [0.2, 0.25) is 0 Å². The Bertz CT molecular complexity index is 432. The summed E-state index contributed by atoms with van der Waals surface area (Å²) in [6.45, 7) is 5.53. The highest BCUT2D eigenvalue weighted by molar-refractivity contribution is 5.93. The maximum Gasteiger partial charge on any atom is 0.331 e. The van der Waals surface area contributed by atoms with Crippen LogP contribution in [0.3, 0.4) is 0 Å². The second kappa shape index (κ2) is 9.23. The van der Waals surface area contributed by atoms with Crippen LogP contribution in [0, 0.1) is 5.92 Å². The van der Waals surface area contributed by atoms with Gasteiger partial charge in [-0.05, 0) is 32.6 Å². The van der Waals surface area contributed by atoms with Gasteiger partial charge in [-0.25, -0.2) is 9.59 Å². The van der Waals surface area contributed by atoms with Crippen molar-refractivity contribution in [1.29, 1.82) is 0 Å². The zero-order chi connectivity index (χ0) is 16.5. The molecule has 1 aliphatic rings. The fraction of sp³-hybridized carbons (Fsp3) is 0.688. The average Bonchev–Trinajstić information content (AvgIpc) is 2.47. The molecule has 0 aromatic heterocycles. The highest BCUT2D eigenvalue weighted by Gasteiger charge is 2.25. The Morgan fingerprint density at radius 3 is 2.45 bits per heavy atom. The van der Waals surface area contributed by atoms with E-state index in [0.717, 1.165) is 31.4 Å². The molecule has 0 aliphatic heterocycles. The Morgan fingerprint density at radius 2 is 1.82 bits per heavy atom. The molecule has 3 atom stereocenters. The van der Waals surface area contributed by atoms with Crippen LogP contribution in [-0.4, -0.2) is 36.6 Å². The van der Waals surface area contributed by atoms with E-state index in [1.807, 2.05) is 0 Å². The maximum absolute atomic E-state index is 12.0. The van der Waals surface area contributed by atoms with Crippen LogP contribution in [-0.2, 0) is 23.9 Å². The SMILES string of the molecule is CCOC(=O)/C=C/C(=O)O[C@H](C)C(=O)N[C@H]1CCCC[C@@H]1C. The lowest BCUT2D eigenvalue weighted by Gasteiger charge is -2.30. The van der Waals surface area contributed by atoms with Crippen LogP contribution < -0.4 is 5.32 Å². The summed E-state index contributed by atoms with van der Waals surface area (Å²) < 4.78 is 9.62. The number of carbonyl (C=O) groups is 3. The van der Waals surface area contributed by atoms with Crippen LogP contribution in [0.5, 0.6) is 0 Å². The van der Waals surface area contributed by atoms with Gasteiger partial charge in [0.2, 0.25) is 0 Å². The number of ether oxygens (including phenoxy) is 2. The van der Waals surface area contributed by atoms with E-state index in [0.29, 0.717) is 5.92 Å². The number of nitrogens with one attached hydrogen (secondary N) is 1. The lowest BCUT2D eigenvalue weighted by atomic mass is 9.86. The topological polar surface area (TPSA) is 81.7 Å². The van der Waals surface area contributed by atoms with Crippen LogP contribution in [0.1, 0.15) is 46.5 Å². The van der Waals surface area contributed by atoms with Gasteiger partial charge in [0, 0.05) is 18.2 Å². The first kappa shape index (κ1) is 18.2. The summed E-state index contributed by atoms with van der Waals surface area (Å²) in [5, 5.41) is 2.93. The molecule has 0 unspecified atom stereocenters. The number of carbonyl (C=O) groups excluding carboxylic acids is 3. The molecule has 0 aromatic rings. The summed E-state index contributed by atoms with van der Waals surface area (Å²) in [6.07, 6.45) is 5.40. The zero-order valence-corrected chi connectivity index (χ0v) is 13.5. The van der Waals surface area contributed by atoms with Crippen LogP contribution in [0.4, 0.5) is 0 Å². The van der Waals surface area contributed by atoms with Gasteiger partial charge in [0.1, 0.15) is 0 Å². The number of amides is 1. The quantitative estimate of drug-likeness (QED) is 0.597. The smallest absolute Gasteiger partial charge is 0.331 e. The molecule has 1 N–H and O–H groups in total. The number of hydrogen-bond acceptors (Lipinski definition) is 5. The van der Waals surface area contributed by atoms with Gasteiger partial charge < -0.3 is 14.8 Å². The maximum atomic E-state index is 12.0. The van der Waals surface area contributed by atoms with E-state index >= 15 is 0 Å². The van der Waals surface area contributed by atoms with Crippen LogP contribution in [0.15, 0.2) is 12.2 Å². The van der Waals surface area contributed by atoms with Crippen molar-refractivity contribution in [2.45, 2.75) is 58.6 Å². The molecule has 6 heteroatoms. The first-order valence-corrected chi connectivity index (χ1v) is 7.79. The summed E-state index contributed by atoms with van der Waals surface area (Å²) in [6, 6.07) is 0.137. The molecule has 0 radical (unpaired) electrons. The molecule has 1 rings (SSSR count). The molecule has 0 heterocycles. The van der Waals surface area contributed by atoms with Crippen LogP contribution >= 0.6 is 0 Å². The molecule has 1 amide bonds. The molecular weight excluding hydrogens is 286 g/mol. The van der Waals surface area contributed by atoms with Gasteiger partial charge in [-0.2, -0.15) is 0 Å². The summed E-state index contributed by atoms with van der Waals surface area (Å²) in [4.78, 5) is 34.6. The normalized spacial score (nSPS) is 22.9. The van der Waals surface area contributed by atoms with Crippen molar-refractivity contribution in [1.82, 2.24) is 5.32 Å². The molecular formula is C16H25NO5. The lowest BCUT2D eigenvalue weighted by Crippen LogP contribution is -2.45. The van der Waals surface area contributed by atoms with Crippen LogP contribution in [0.25, 0.3) is 0 Å². The van der Waals surface area contributed by atoms with E-state index < -0.39 is 18.0 Å². The number of rotatable bonds is 6. The minimum atomic E-state index is -0.895. The molecule has 1 aliphatic carbocycles. The Balaban J connectivity index is 2.39. The van der Waals surface area contributed by atoms with E-state index in [4.69, 9.17) is 4.74 Å². The van der Waals surface area contributed by atoms with E-state index in [2.05, 4.69) is 17.0 Å². The van der Waals surface area contributed by atoms with E-state index in [-0.39, 0.29) is 18.6 Å². The molecule has 22 heavy (non-hydrogen) atoms. The van der Waals surface area contributed by atoms with E-state index in [1.54, 1.807) is 6.92 Å². The molecule has 1 saturated carbocycles. The third kappa shape index (κ3) is 6.28. The standard InChI is InChI=1S/C16H25NO5/c1-4-21-14(18)9-10-15(19)22-12(3)16(20)17-13-8-6-5-7-11(13)2/h9-13H,4-8H2,1-3H3,(H,17,20)/b10-9+/t11-,12+,13-/m0/s1. The molecule has 0 bridgehead atoms. The Morgan fingerprint density at radius 1 is 1.18 bits per heavy atom. The van der Waals surface area contributed by atoms with Gasteiger partial charge >= 0.3 is 11.9 Å². The minimum Gasteiger partial charge on any atom is -0.463 e. The monoisotopic (exact) mass is 311 g/mol. The first-order valence-electron chi connectivity index (χ1n) is 7.79. The lowest BCUT2D eigenvalue weighted by molar-refractivity contribution is -0.151. The fourth-order valence-electron chi connectivity index (χ4n) is 2.42. The van der Waals surface area contributed by atoms with Crippen molar-refractivity contribution in [3.8, 4) is 0 Å². The van der Waals surface area contributed by atoms with Gasteiger partial charge in [0.05, 0.1) is 6.61 Å². The molecule has 0 saturated heterocycles. The predicted octanol–water partition coefficient (Wildman–Crippen LogP) is 1.73. The van der Waals surface area contributed by atoms with Gasteiger partial charge in [-0.3, -0.25) is 4.79 Å². The zero-order valence-electron chi connectivity index (χ0n) is 13.5. The summed E-state index contributed by atoms with van der Waals surface area (Å²) in [5.41, 5.74) is 0. The molecule has 6 nitrogen and oxygen atoms in total. The highest BCUT2D eigenvalue weighted by Crippen LogP contribution is 2.23. The third-order valence-corrected chi connectivity index (χ3v) is 3.74. The largest absolute Gasteiger partial charge is 0.463 e. The third-order valence-electron chi connectivity index (χ3n) is 3.74. The summed E-state index contributed by atoms with van der Waals surface area (Å²) in [5.74, 6) is -1.24. The molecule has 1 fully saturated rings. The summed E-state index contributed by atoms with van der Waals surface area (Å²) in [7, 11) is 0. The molecule has 0 spiro atoms. The van der Waals surface area contributed by atoms with Gasteiger partial charge in [-0.15, -0.1) is 0 Å². The minimum absolute atomic E-state index is 0.137. The molecule has 124 valence electrons. The van der Waals surface area contributed by atoms with Crippen molar-refractivity contribution in [2.24, 2.45) is 5.92 Å². The first-order chi connectivity index (χ1) is 10.4. The summed E-state index contributed by atoms with van der Waals surface area (Å²) >= 11 is 0. The molecule has 0 aromatic carbocycles.